The van der Waals surface area contributed by atoms with E-state index in [1.54, 1.807) is 36.4 Å². The molecule has 174 valence electrons. The second-order valence-corrected chi connectivity index (χ2v) is 7.90. The van der Waals surface area contributed by atoms with Gasteiger partial charge in [-0.3, -0.25) is 9.59 Å². The molecule has 2 aromatic rings. The van der Waals surface area contributed by atoms with E-state index >= 15 is 0 Å². The van der Waals surface area contributed by atoms with E-state index in [0.29, 0.717) is 35.0 Å². The molecule has 2 heterocycles. The Hall–Kier alpha value is -3.52. The Kier molecular flexibility index (Phi) is 6.55. The first-order valence-corrected chi connectivity index (χ1v) is 10.8. The van der Waals surface area contributed by atoms with Gasteiger partial charge in [-0.25, -0.2) is 0 Å². The summed E-state index contributed by atoms with van der Waals surface area (Å²) in [6, 6.07) is 11.2. The number of carbonyl (C=O) groups excluding carboxylic acids is 2. The summed E-state index contributed by atoms with van der Waals surface area (Å²) in [5, 5.41) is 11.3. The van der Waals surface area contributed by atoms with Crippen LogP contribution in [-0.4, -0.2) is 62.3 Å². The Labute approximate surface area is 192 Å². The van der Waals surface area contributed by atoms with Crippen molar-refractivity contribution in [2.45, 2.75) is 25.0 Å². The fourth-order valence-electron chi connectivity index (χ4n) is 4.43. The number of carbonyl (C=O) groups is 2. The topological polar surface area (TPSA) is 94.5 Å². The third kappa shape index (κ3) is 4.14. The van der Waals surface area contributed by atoms with Crippen molar-refractivity contribution in [2.75, 3.05) is 34.5 Å². The molecule has 4 rings (SSSR count). The number of aliphatic hydroxyl groups excluding tert-OH is 1. The normalized spacial score (nSPS) is 22.0. The summed E-state index contributed by atoms with van der Waals surface area (Å²) < 4.78 is 21.9. The van der Waals surface area contributed by atoms with Crippen LogP contribution in [0.1, 0.15) is 30.0 Å². The lowest BCUT2D eigenvalue weighted by atomic mass is 9.94. The fraction of sp³-hybridized carbons (Fsp3) is 0.360. The van der Waals surface area contributed by atoms with Crippen LogP contribution in [0.5, 0.6) is 17.2 Å². The maximum Gasteiger partial charge on any atom is 0.295 e. The maximum atomic E-state index is 13.2. The Bertz CT molecular complexity index is 1090. The number of hydrogen-bond donors (Lipinski definition) is 1. The number of methoxy groups -OCH3 is 3. The van der Waals surface area contributed by atoms with Crippen LogP contribution in [0, 0.1) is 0 Å². The lowest BCUT2D eigenvalue weighted by molar-refractivity contribution is -0.140. The van der Waals surface area contributed by atoms with E-state index in [2.05, 4.69) is 0 Å². The summed E-state index contributed by atoms with van der Waals surface area (Å²) in [5.41, 5.74) is 0.941. The molecule has 2 aliphatic heterocycles. The molecule has 0 saturated carbocycles. The first-order chi connectivity index (χ1) is 16.0. The first kappa shape index (κ1) is 22.7. The molecule has 0 radical (unpaired) electrons. The zero-order chi connectivity index (χ0) is 23.5. The predicted molar refractivity (Wildman–Crippen MR) is 121 cm³/mol. The summed E-state index contributed by atoms with van der Waals surface area (Å²) in [4.78, 5) is 27.8. The Balaban J connectivity index is 1.87. The third-order valence-electron chi connectivity index (χ3n) is 6.05. The molecular formula is C25H27NO7. The van der Waals surface area contributed by atoms with E-state index in [9.17, 15) is 14.7 Å². The number of hydrogen-bond acceptors (Lipinski definition) is 7. The van der Waals surface area contributed by atoms with Crippen molar-refractivity contribution in [3.63, 3.8) is 0 Å². The van der Waals surface area contributed by atoms with Crippen molar-refractivity contribution in [2.24, 2.45) is 0 Å². The van der Waals surface area contributed by atoms with E-state index in [0.717, 1.165) is 12.8 Å². The lowest BCUT2D eigenvalue weighted by Gasteiger charge is -2.28. The number of likely N-dealkylation sites (tertiary alicyclic amines) is 1. The van der Waals surface area contributed by atoms with Crippen LogP contribution >= 0.6 is 0 Å². The van der Waals surface area contributed by atoms with Crippen LogP contribution < -0.4 is 14.2 Å². The highest BCUT2D eigenvalue weighted by atomic mass is 16.5. The summed E-state index contributed by atoms with van der Waals surface area (Å²) in [5.74, 6) is -0.335. The molecule has 2 fully saturated rings. The van der Waals surface area contributed by atoms with Crippen molar-refractivity contribution in [1.82, 2.24) is 4.90 Å². The molecular weight excluding hydrogens is 426 g/mol. The molecule has 0 aliphatic carbocycles. The number of aliphatic hydroxyl groups is 1. The highest BCUT2D eigenvalue weighted by molar-refractivity contribution is 6.46. The number of benzene rings is 2. The molecule has 0 bridgehead atoms. The van der Waals surface area contributed by atoms with Gasteiger partial charge >= 0.3 is 0 Å². The van der Waals surface area contributed by atoms with Gasteiger partial charge in [-0.05, 0) is 37.1 Å². The predicted octanol–water partition coefficient (Wildman–Crippen LogP) is 3.31. The van der Waals surface area contributed by atoms with Gasteiger partial charge in [0.1, 0.15) is 11.5 Å². The zero-order valence-electron chi connectivity index (χ0n) is 18.9. The van der Waals surface area contributed by atoms with E-state index in [4.69, 9.17) is 18.9 Å². The minimum absolute atomic E-state index is 0.00489. The smallest absolute Gasteiger partial charge is 0.295 e. The Morgan fingerprint density at radius 3 is 2.42 bits per heavy atom. The van der Waals surface area contributed by atoms with Crippen molar-refractivity contribution in [1.29, 1.82) is 0 Å². The minimum Gasteiger partial charge on any atom is -0.507 e. The van der Waals surface area contributed by atoms with Crippen LogP contribution in [0.4, 0.5) is 0 Å². The lowest BCUT2D eigenvalue weighted by Crippen LogP contribution is -2.36. The minimum atomic E-state index is -0.821. The first-order valence-electron chi connectivity index (χ1n) is 10.8. The molecule has 2 aromatic carbocycles. The quantitative estimate of drug-likeness (QED) is 0.390. The number of nitrogens with zero attached hydrogens (tertiary/aromatic N) is 1. The molecule has 8 nitrogen and oxygen atoms in total. The number of amides is 1. The molecule has 2 unspecified atom stereocenters. The van der Waals surface area contributed by atoms with Crippen molar-refractivity contribution in [3.8, 4) is 17.2 Å². The van der Waals surface area contributed by atoms with Crippen LogP contribution in [-0.2, 0) is 14.3 Å². The number of rotatable bonds is 7. The standard InChI is InChI=1S/C25H27NO7/c1-30-18-9-5-4-8-17(18)22-21(23(27)15-10-11-19(31-2)20(13-15)32-3)24(28)25(29)26(22)14-16-7-6-12-33-16/h4-5,8-11,13,16,22,27H,6-7,12,14H2,1-3H3/b23-21+. The van der Waals surface area contributed by atoms with Crippen molar-refractivity contribution >= 4 is 17.4 Å². The third-order valence-corrected chi connectivity index (χ3v) is 6.05. The van der Waals surface area contributed by atoms with Crippen LogP contribution in [0.15, 0.2) is 48.0 Å². The molecule has 2 aliphatic rings. The summed E-state index contributed by atoms with van der Waals surface area (Å²) in [6.07, 6.45) is 1.54. The highest BCUT2D eigenvalue weighted by Crippen LogP contribution is 2.43. The Morgan fingerprint density at radius 2 is 1.76 bits per heavy atom. The van der Waals surface area contributed by atoms with Gasteiger partial charge in [0.2, 0.25) is 0 Å². The second kappa shape index (κ2) is 9.54. The van der Waals surface area contributed by atoms with Crippen LogP contribution in [0.2, 0.25) is 0 Å². The van der Waals surface area contributed by atoms with Crippen molar-refractivity contribution < 1.29 is 33.6 Å². The largest absolute Gasteiger partial charge is 0.507 e. The molecule has 1 amide bonds. The molecule has 0 spiro atoms. The number of ether oxygens (including phenoxy) is 4. The van der Waals surface area contributed by atoms with Gasteiger partial charge in [0, 0.05) is 24.3 Å². The van der Waals surface area contributed by atoms with Gasteiger partial charge < -0.3 is 29.0 Å². The van der Waals surface area contributed by atoms with Gasteiger partial charge in [0.15, 0.2) is 11.5 Å². The highest BCUT2D eigenvalue weighted by Gasteiger charge is 2.48. The summed E-state index contributed by atoms with van der Waals surface area (Å²) >= 11 is 0. The van der Waals surface area contributed by atoms with Crippen LogP contribution in [0.25, 0.3) is 5.76 Å². The molecule has 33 heavy (non-hydrogen) atoms. The van der Waals surface area contributed by atoms with Crippen molar-refractivity contribution in [3.05, 3.63) is 59.2 Å². The molecule has 0 aromatic heterocycles. The number of para-hydroxylation sites is 1. The zero-order valence-corrected chi connectivity index (χ0v) is 18.9. The monoisotopic (exact) mass is 453 g/mol. The molecule has 2 atom stereocenters. The number of Topliss-reactive ketones (excluding diaryl/α,β-unsaturated/α-hetero) is 1. The van der Waals surface area contributed by atoms with Gasteiger partial charge in [0.25, 0.3) is 11.7 Å². The number of ketones is 1. The van der Waals surface area contributed by atoms with E-state index < -0.39 is 17.7 Å². The SMILES string of the molecule is COc1ccc(/C(O)=C2\C(=O)C(=O)N(CC3CCCO3)C2c2ccccc2OC)cc1OC. The molecule has 2 saturated heterocycles. The summed E-state index contributed by atoms with van der Waals surface area (Å²) in [7, 11) is 4.52. The second-order valence-electron chi connectivity index (χ2n) is 7.90. The van der Waals surface area contributed by atoms with Gasteiger partial charge in [0.05, 0.1) is 39.0 Å². The molecule has 1 N–H and O–H groups in total. The van der Waals surface area contributed by atoms with E-state index in [1.165, 1.54) is 26.2 Å². The van der Waals surface area contributed by atoms with Gasteiger partial charge in [-0.1, -0.05) is 18.2 Å². The maximum absolute atomic E-state index is 13.2. The summed E-state index contributed by atoms with van der Waals surface area (Å²) in [6.45, 7) is 0.871. The van der Waals surface area contributed by atoms with Gasteiger partial charge in [-0.2, -0.15) is 0 Å². The van der Waals surface area contributed by atoms with E-state index in [1.807, 2.05) is 6.07 Å². The molecule has 8 heteroatoms. The average Bonchev–Trinajstić information content (AvgIpc) is 3.45. The average molecular weight is 453 g/mol. The Morgan fingerprint density at radius 1 is 1.03 bits per heavy atom. The van der Waals surface area contributed by atoms with Gasteiger partial charge in [-0.15, -0.1) is 0 Å². The van der Waals surface area contributed by atoms with E-state index in [-0.39, 0.29) is 24.0 Å². The van der Waals surface area contributed by atoms with Crippen LogP contribution in [0.3, 0.4) is 0 Å². The fourth-order valence-corrected chi connectivity index (χ4v) is 4.43.